The molecular weight excluding hydrogens is 120 g/mol. The fraction of sp³-hybridized carbons (Fsp3) is 0. The van der Waals surface area contributed by atoms with Crippen molar-refractivity contribution in [3.8, 4) is 0 Å². The maximum Gasteiger partial charge on any atom is 0.218 e. The molecule has 0 aliphatic heterocycles. The van der Waals surface area contributed by atoms with Crippen molar-refractivity contribution in [1.82, 2.24) is 0 Å². The minimum absolute atomic E-state index is 0.152. The van der Waals surface area contributed by atoms with Crippen molar-refractivity contribution in [3.05, 3.63) is 24.5 Å². The summed E-state index contributed by atoms with van der Waals surface area (Å²) < 4.78 is 0. The van der Waals surface area contributed by atoms with Gasteiger partial charge in [0.15, 0.2) is 6.29 Å². The fourth-order valence-electron chi connectivity index (χ4n) is 0.218. The third-order valence-electron chi connectivity index (χ3n) is 0.556. The van der Waals surface area contributed by atoms with E-state index in [2.05, 4.69) is 6.58 Å². The van der Waals surface area contributed by atoms with Crippen LogP contribution in [0, 0.1) is 0 Å². The Bertz CT molecular complexity index is 167. The van der Waals surface area contributed by atoms with Crippen LogP contribution in [0.1, 0.15) is 0 Å². The van der Waals surface area contributed by atoms with Crippen LogP contribution in [0.5, 0.6) is 0 Å². The molecule has 1 N–H and O–H groups in total. The van der Waals surface area contributed by atoms with E-state index < -0.39 is 5.78 Å². The smallest absolute Gasteiger partial charge is 0.218 e. The summed E-state index contributed by atoms with van der Waals surface area (Å²) in [4.78, 5) is 19.7. The Kier molecular flexibility index (Phi) is 3.05. The van der Waals surface area contributed by atoms with Gasteiger partial charge < -0.3 is 5.11 Å². The van der Waals surface area contributed by atoms with Crippen LogP contribution in [-0.2, 0) is 9.59 Å². The molecule has 0 radical (unpaired) electrons. The van der Waals surface area contributed by atoms with Crippen molar-refractivity contribution in [2.24, 2.45) is 0 Å². The normalized spacial score (nSPS) is 9.33. The van der Waals surface area contributed by atoms with Crippen LogP contribution in [0.3, 0.4) is 0 Å². The summed E-state index contributed by atoms with van der Waals surface area (Å²) >= 11 is 0. The molecule has 0 unspecified atom stereocenters. The van der Waals surface area contributed by atoms with E-state index in [1.807, 2.05) is 0 Å². The first-order valence-corrected chi connectivity index (χ1v) is 2.22. The zero-order chi connectivity index (χ0) is 7.28. The summed E-state index contributed by atoms with van der Waals surface area (Å²) in [6.07, 6.45) is 2.14. The third-order valence-corrected chi connectivity index (χ3v) is 0.556. The van der Waals surface area contributed by atoms with E-state index in [-0.39, 0.29) is 12.0 Å². The van der Waals surface area contributed by atoms with Gasteiger partial charge in [-0.25, -0.2) is 0 Å². The van der Waals surface area contributed by atoms with Crippen LogP contribution in [0.2, 0.25) is 0 Å². The molecule has 0 saturated carbocycles. The molecule has 0 bridgehead atoms. The maximum absolute atomic E-state index is 10.1. The van der Waals surface area contributed by atoms with Crippen molar-refractivity contribution in [3.63, 3.8) is 0 Å². The largest absolute Gasteiger partial charge is 0.509 e. The zero-order valence-corrected chi connectivity index (χ0v) is 4.70. The Morgan fingerprint density at radius 1 is 1.44 bits per heavy atom. The number of ketones is 1. The van der Waals surface area contributed by atoms with Gasteiger partial charge in [-0.3, -0.25) is 9.59 Å². The molecule has 0 spiro atoms. The van der Waals surface area contributed by atoms with Crippen LogP contribution in [0.4, 0.5) is 0 Å². The van der Waals surface area contributed by atoms with Gasteiger partial charge >= 0.3 is 0 Å². The lowest BCUT2D eigenvalue weighted by Crippen LogP contribution is -1.91. The average molecular weight is 126 g/mol. The predicted octanol–water partition coefficient (Wildman–Crippen LogP) is 0.382. The Morgan fingerprint density at radius 2 is 2.00 bits per heavy atom. The number of aliphatic hydroxyl groups excluding tert-OH is 1. The van der Waals surface area contributed by atoms with Gasteiger partial charge in [0.2, 0.25) is 5.78 Å². The summed E-state index contributed by atoms with van der Waals surface area (Å²) in [7, 11) is 0. The molecule has 0 aromatic heterocycles. The van der Waals surface area contributed by atoms with Crippen LogP contribution in [-0.4, -0.2) is 17.2 Å². The lowest BCUT2D eigenvalue weighted by atomic mass is 10.3. The number of aldehydes is 1. The van der Waals surface area contributed by atoms with E-state index in [0.29, 0.717) is 0 Å². The number of rotatable bonds is 3. The van der Waals surface area contributed by atoms with Gasteiger partial charge in [-0.2, -0.15) is 0 Å². The number of hydrogen-bond donors (Lipinski definition) is 1. The summed E-state index contributed by atoms with van der Waals surface area (Å²) in [5, 5.41) is 8.35. The molecule has 3 heteroatoms. The standard InChI is InChI=1S/C6H6O3/c1-5(8)2-3-6(9)4-7/h2-4,8H,1H2/b3-2-. The molecule has 0 rings (SSSR count). The van der Waals surface area contributed by atoms with Crippen molar-refractivity contribution in [2.45, 2.75) is 0 Å². The summed E-state index contributed by atoms with van der Waals surface area (Å²) in [6.45, 7) is 3.06. The maximum atomic E-state index is 10.1. The highest BCUT2D eigenvalue weighted by Crippen LogP contribution is 1.83. The molecule has 0 fully saturated rings. The van der Waals surface area contributed by atoms with Crippen LogP contribution < -0.4 is 0 Å². The van der Waals surface area contributed by atoms with E-state index in [1.165, 1.54) is 0 Å². The quantitative estimate of drug-likeness (QED) is 0.195. The Labute approximate surface area is 52.3 Å². The molecule has 0 heterocycles. The lowest BCUT2D eigenvalue weighted by molar-refractivity contribution is -0.126. The highest BCUT2D eigenvalue weighted by molar-refractivity contribution is 6.30. The number of carbonyl (C=O) groups is 2. The number of hydrogen-bond acceptors (Lipinski definition) is 3. The van der Waals surface area contributed by atoms with E-state index in [1.54, 1.807) is 0 Å². The first kappa shape index (κ1) is 7.62. The van der Waals surface area contributed by atoms with E-state index in [4.69, 9.17) is 5.11 Å². The minimum Gasteiger partial charge on any atom is -0.509 e. The summed E-state index contributed by atoms with van der Waals surface area (Å²) in [5.41, 5.74) is 0. The second kappa shape index (κ2) is 3.60. The number of carbonyl (C=O) groups excluding carboxylic acids is 2. The predicted molar refractivity (Wildman–Crippen MR) is 32.0 cm³/mol. The Hall–Kier alpha value is -1.38. The van der Waals surface area contributed by atoms with Gasteiger partial charge in [-0.15, -0.1) is 0 Å². The van der Waals surface area contributed by atoms with E-state index in [9.17, 15) is 9.59 Å². The lowest BCUT2D eigenvalue weighted by Gasteiger charge is -1.79. The average Bonchev–Trinajstić information content (AvgIpc) is 1.83. The molecule has 0 aromatic rings. The number of aliphatic hydroxyl groups is 1. The molecule has 9 heavy (non-hydrogen) atoms. The van der Waals surface area contributed by atoms with Gasteiger partial charge in [0.05, 0.1) is 0 Å². The fourth-order valence-corrected chi connectivity index (χ4v) is 0.218. The van der Waals surface area contributed by atoms with Crippen LogP contribution in [0.15, 0.2) is 24.5 Å². The summed E-state index contributed by atoms with van der Waals surface area (Å²) in [6, 6.07) is 0. The highest BCUT2D eigenvalue weighted by Gasteiger charge is 1.88. The van der Waals surface area contributed by atoms with Crippen molar-refractivity contribution < 1.29 is 14.7 Å². The van der Waals surface area contributed by atoms with E-state index >= 15 is 0 Å². The zero-order valence-electron chi connectivity index (χ0n) is 4.70. The van der Waals surface area contributed by atoms with Crippen molar-refractivity contribution in [1.29, 1.82) is 0 Å². The number of allylic oxidation sites excluding steroid dienone is 2. The SMILES string of the molecule is C=C(O)/C=C\C(=O)C=O. The molecule has 0 aliphatic rings. The van der Waals surface area contributed by atoms with Gasteiger partial charge in [0, 0.05) is 0 Å². The van der Waals surface area contributed by atoms with Gasteiger partial charge in [-0.05, 0) is 12.2 Å². The van der Waals surface area contributed by atoms with Crippen molar-refractivity contribution in [2.75, 3.05) is 0 Å². The molecule has 48 valence electrons. The monoisotopic (exact) mass is 126 g/mol. The third kappa shape index (κ3) is 4.47. The molecular formula is C6H6O3. The molecule has 3 nitrogen and oxygen atoms in total. The topological polar surface area (TPSA) is 54.4 Å². The minimum atomic E-state index is -0.690. The second-order valence-corrected chi connectivity index (χ2v) is 1.34. The molecule has 0 aliphatic carbocycles. The van der Waals surface area contributed by atoms with Crippen LogP contribution in [0.25, 0.3) is 0 Å². The first-order valence-electron chi connectivity index (χ1n) is 2.22. The molecule has 0 atom stereocenters. The molecule has 0 amide bonds. The van der Waals surface area contributed by atoms with Gasteiger partial charge in [0.1, 0.15) is 5.76 Å². The highest BCUT2D eigenvalue weighted by atomic mass is 16.3. The Balaban J connectivity index is 3.85. The van der Waals surface area contributed by atoms with Crippen LogP contribution >= 0.6 is 0 Å². The molecule has 0 aromatic carbocycles. The Morgan fingerprint density at radius 3 is 2.33 bits per heavy atom. The van der Waals surface area contributed by atoms with Gasteiger partial charge in [-0.1, -0.05) is 6.58 Å². The first-order chi connectivity index (χ1) is 4.16. The van der Waals surface area contributed by atoms with E-state index in [0.717, 1.165) is 12.2 Å². The molecule has 0 saturated heterocycles. The second-order valence-electron chi connectivity index (χ2n) is 1.34. The summed E-state index contributed by atoms with van der Waals surface area (Å²) in [5.74, 6) is -0.935. The van der Waals surface area contributed by atoms with Gasteiger partial charge in [0.25, 0.3) is 0 Å². The van der Waals surface area contributed by atoms with Crippen molar-refractivity contribution >= 4 is 12.1 Å².